The maximum Gasteiger partial charge on any atom is 0.416 e. The van der Waals surface area contributed by atoms with Crippen LogP contribution < -0.4 is 0 Å². The Morgan fingerprint density at radius 3 is 2.14 bits per heavy atom. The van der Waals surface area contributed by atoms with Crippen LogP contribution in [0.3, 0.4) is 0 Å². The van der Waals surface area contributed by atoms with Crippen molar-refractivity contribution in [2.45, 2.75) is 70.2 Å². The third kappa shape index (κ3) is 5.20. The van der Waals surface area contributed by atoms with Crippen LogP contribution in [0.1, 0.15) is 75.1 Å². The van der Waals surface area contributed by atoms with Gasteiger partial charge in [0.1, 0.15) is 5.60 Å². The molecule has 8 heteroatoms. The molecule has 198 valence electrons. The quantitative estimate of drug-likeness (QED) is 0.444. The first-order valence-electron chi connectivity index (χ1n) is 13.0. The van der Waals surface area contributed by atoms with Crippen molar-refractivity contribution in [1.82, 2.24) is 9.80 Å². The van der Waals surface area contributed by atoms with E-state index in [0.717, 1.165) is 41.7 Å². The van der Waals surface area contributed by atoms with E-state index >= 15 is 0 Å². The highest BCUT2D eigenvalue weighted by molar-refractivity contribution is 5.81. The van der Waals surface area contributed by atoms with Crippen LogP contribution in [-0.4, -0.2) is 47.0 Å². The molecular formula is C29H33F3N2O3. The average molecular weight is 515 g/mol. The third-order valence-electron chi connectivity index (χ3n) is 7.81. The molecule has 0 radical (unpaired) electrons. The van der Waals surface area contributed by atoms with Crippen LogP contribution in [-0.2, 0) is 15.7 Å². The lowest BCUT2D eigenvalue weighted by Crippen LogP contribution is -2.47. The molecule has 2 heterocycles. The fourth-order valence-electron chi connectivity index (χ4n) is 5.94. The van der Waals surface area contributed by atoms with Gasteiger partial charge in [0.25, 0.3) is 0 Å². The lowest BCUT2D eigenvalue weighted by Gasteiger charge is -2.39. The van der Waals surface area contributed by atoms with Crippen molar-refractivity contribution in [3.05, 3.63) is 59.2 Å². The number of hydrogen-bond acceptors (Lipinski definition) is 3. The summed E-state index contributed by atoms with van der Waals surface area (Å²) in [5.41, 5.74) is 2.73. The molecule has 2 saturated heterocycles. The second-order valence-electron chi connectivity index (χ2n) is 11.4. The molecule has 2 fully saturated rings. The Morgan fingerprint density at radius 1 is 0.865 bits per heavy atom. The van der Waals surface area contributed by atoms with E-state index in [1.807, 2.05) is 31.7 Å². The summed E-state index contributed by atoms with van der Waals surface area (Å²) in [5.74, 6) is 0.414. The van der Waals surface area contributed by atoms with E-state index in [4.69, 9.17) is 4.74 Å². The van der Waals surface area contributed by atoms with E-state index in [2.05, 4.69) is 12.1 Å². The number of fused-ring (bicyclic) bond motifs is 5. The van der Waals surface area contributed by atoms with Gasteiger partial charge >= 0.3 is 12.3 Å². The zero-order valence-electron chi connectivity index (χ0n) is 21.5. The second kappa shape index (κ2) is 9.37. The van der Waals surface area contributed by atoms with Gasteiger partial charge in [0, 0.05) is 25.6 Å². The molecule has 0 spiro atoms. The number of likely N-dealkylation sites (tertiary alicyclic amines) is 2. The van der Waals surface area contributed by atoms with Crippen molar-refractivity contribution in [3.63, 3.8) is 0 Å². The van der Waals surface area contributed by atoms with Crippen molar-refractivity contribution in [2.24, 2.45) is 5.92 Å². The Kier molecular flexibility index (Phi) is 6.49. The predicted octanol–water partition coefficient (Wildman–Crippen LogP) is 6.78. The summed E-state index contributed by atoms with van der Waals surface area (Å²) >= 11 is 0. The third-order valence-corrected chi connectivity index (χ3v) is 7.81. The molecule has 2 aromatic rings. The van der Waals surface area contributed by atoms with Gasteiger partial charge < -0.3 is 14.5 Å². The topological polar surface area (TPSA) is 49.9 Å². The van der Waals surface area contributed by atoms with Crippen LogP contribution in [0.25, 0.3) is 11.1 Å². The van der Waals surface area contributed by atoms with Crippen LogP contribution in [0, 0.1) is 5.92 Å². The van der Waals surface area contributed by atoms with Crippen LogP contribution in [0.2, 0.25) is 0 Å². The van der Waals surface area contributed by atoms with Gasteiger partial charge in [-0.25, -0.2) is 4.79 Å². The minimum Gasteiger partial charge on any atom is -0.444 e. The molecule has 2 aromatic carbocycles. The highest BCUT2D eigenvalue weighted by Crippen LogP contribution is 2.50. The Bertz CT molecular complexity index is 1180. The minimum atomic E-state index is -4.36. The summed E-state index contributed by atoms with van der Waals surface area (Å²) in [5, 5.41) is 0. The smallest absolute Gasteiger partial charge is 0.416 e. The number of alkyl halides is 3. The molecule has 2 atom stereocenters. The first-order valence-corrected chi connectivity index (χ1v) is 13.0. The molecule has 1 aliphatic carbocycles. The number of piperidine rings is 2. The summed E-state index contributed by atoms with van der Waals surface area (Å²) in [6.45, 7) is 7.22. The number of amides is 2. The molecule has 5 nitrogen and oxygen atoms in total. The van der Waals surface area contributed by atoms with Crippen molar-refractivity contribution in [3.8, 4) is 11.1 Å². The molecule has 2 aliphatic heterocycles. The van der Waals surface area contributed by atoms with E-state index in [0.29, 0.717) is 38.4 Å². The van der Waals surface area contributed by atoms with Gasteiger partial charge in [-0.15, -0.1) is 0 Å². The van der Waals surface area contributed by atoms with Crippen molar-refractivity contribution in [1.29, 1.82) is 0 Å². The Morgan fingerprint density at radius 2 is 1.51 bits per heavy atom. The van der Waals surface area contributed by atoms with Crippen molar-refractivity contribution < 1.29 is 27.5 Å². The molecule has 37 heavy (non-hydrogen) atoms. The minimum absolute atomic E-state index is 0.0143. The SMILES string of the molecule is CC(C)(C)OC(=O)N1CCC(C(=O)N2CC[C@@H]3C[C@H]2c2cc(-c4ccc(C(F)(F)F)cc4)ccc23)CC1. The number of ether oxygens (including phenoxy) is 1. The molecule has 0 N–H and O–H groups in total. The fraction of sp³-hybridized carbons (Fsp3) is 0.517. The zero-order valence-corrected chi connectivity index (χ0v) is 21.5. The molecule has 0 saturated carbocycles. The van der Waals surface area contributed by atoms with E-state index in [9.17, 15) is 22.8 Å². The zero-order chi connectivity index (χ0) is 26.5. The standard InChI is InChI=1S/C29H33F3N2O3/c1-28(2,3)37-27(36)33-13-10-19(11-14-33)26(35)34-15-12-21-17-25(34)24-16-20(6-9-23(21)24)18-4-7-22(8-5-18)29(30,31)32/h4-9,16,19,21,25H,10-15,17H2,1-3H3/t21-,25+/m1/s1. The highest BCUT2D eigenvalue weighted by atomic mass is 19.4. The van der Waals surface area contributed by atoms with Gasteiger partial charge in [-0.2, -0.15) is 13.2 Å². The summed E-state index contributed by atoms with van der Waals surface area (Å²) < 4.78 is 44.4. The monoisotopic (exact) mass is 514 g/mol. The van der Waals surface area contributed by atoms with Gasteiger partial charge in [-0.05, 0) is 92.8 Å². The Labute approximate surface area is 215 Å². The van der Waals surface area contributed by atoms with Gasteiger partial charge in [-0.1, -0.05) is 24.3 Å². The second-order valence-corrected chi connectivity index (χ2v) is 11.4. The normalized spacial score (nSPS) is 22.1. The number of carbonyl (C=O) groups excluding carboxylic acids is 2. The van der Waals surface area contributed by atoms with E-state index < -0.39 is 17.3 Å². The molecule has 0 unspecified atom stereocenters. The average Bonchev–Trinajstić information content (AvgIpc) is 3.13. The van der Waals surface area contributed by atoms with E-state index in [-0.39, 0.29) is 24.0 Å². The van der Waals surface area contributed by atoms with Crippen LogP contribution in [0.4, 0.5) is 18.0 Å². The van der Waals surface area contributed by atoms with E-state index in [1.165, 1.54) is 17.7 Å². The molecule has 0 aromatic heterocycles. The Balaban J connectivity index is 1.29. The summed E-state index contributed by atoms with van der Waals surface area (Å²) in [6, 6.07) is 11.3. The molecule has 5 rings (SSSR count). The molecule has 2 bridgehead atoms. The first kappa shape index (κ1) is 25.6. The van der Waals surface area contributed by atoms with Crippen molar-refractivity contribution >= 4 is 12.0 Å². The fourth-order valence-corrected chi connectivity index (χ4v) is 5.94. The number of nitrogens with zero attached hydrogens (tertiary/aromatic N) is 2. The maximum atomic E-state index is 13.6. The summed E-state index contributed by atoms with van der Waals surface area (Å²) in [4.78, 5) is 29.7. The highest BCUT2D eigenvalue weighted by Gasteiger charge is 2.43. The van der Waals surface area contributed by atoms with Gasteiger partial charge in [0.2, 0.25) is 5.91 Å². The van der Waals surface area contributed by atoms with Crippen LogP contribution >= 0.6 is 0 Å². The number of rotatable bonds is 2. The summed E-state index contributed by atoms with van der Waals surface area (Å²) in [6.07, 6.45) is -1.68. The largest absolute Gasteiger partial charge is 0.444 e. The summed E-state index contributed by atoms with van der Waals surface area (Å²) in [7, 11) is 0. The van der Waals surface area contributed by atoms with Crippen LogP contribution in [0.5, 0.6) is 0 Å². The predicted molar refractivity (Wildman–Crippen MR) is 134 cm³/mol. The number of halogens is 3. The number of hydrogen-bond donors (Lipinski definition) is 0. The van der Waals surface area contributed by atoms with Gasteiger partial charge in [-0.3, -0.25) is 4.79 Å². The molecular weight excluding hydrogens is 481 g/mol. The van der Waals surface area contributed by atoms with Crippen LogP contribution in [0.15, 0.2) is 42.5 Å². The molecule has 3 aliphatic rings. The van der Waals surface area contributed by atoms with Gasteiger partial charge in [0.05, 0.1) is 11.6 Å². The first-order chi connectivity index (χ1) is 17.4. The van der Waals surface area contributed by atoms with E-state index in [1.54, 1.807) is 4.90 Å². The van der Waals surface area contributed by atoms with Gasteiger partial charge in [0.15, 0.2) is 0 Å². The number of benzene rings is 2. The Hall–Kier alpha value is -3.03. The molecule has 2 amide bonds. The lowest BCUT2D eigenvalue weighted by atomic mass is 9.91. The lowest BCUT2D eigenvalue weighted by molar-refractivity contribution is -0.141. The maximum absolute atomic E-state index is 13.6. The number of carbonyl (C=O) groups is 2. The van der Waals surface area contributed by atoms with Crippen molar-refractivity contribution in [2.75, 3.05) is 19.6 Å².